The molecule has 0 saturated carbocycles. The SMILES string of the molecule is CCOc1ccc(S(=O)(=O)N2CCC(C(=O)NC3CCN(C)CC3)CC2)cc1C. The van der Waals surface area contributed by atoms with Crippen LogP contribution < -0.4 is 10.1 Å². The number of ether oxygens (including phenoxy) is 1. The molecule has 2 saturated heterocycles. The van der Waals surface area contributed by atoms with Crippen molar-refractivity contribution < 1.29 is 17.9 Å². The molecule has 0 radical (unpaired) electrons. The largest absolute Gasteiger partial charge is 0.494 e. The summed E-state index contributed by atoms with van der Waals surface area (Å²) in [7, 11) is -1.46. The number of nitrogens with zero attached hydrogens (tertiary/aromatic N) is 2. The number of likely N-dealkylation sites (tertiary alicyclic amines) is 1. The van der Waals surface area contributed by atoms with Crippen molar-refractivity contribution in [2.45, 2.75) is 50.5 Å². The number of hydrogen-bond acceptors (Lipinski definition) is 5. The van der Waals surface area contributed by atoms with Crippen LogP contribution in [0.25, 0.3) is 0 Å². The number of carbonyl (C=O) groups excluding carboxylic acids is 1. The average molecular weight is 424 g/mol. The third-order valence-corrected chi connectivity index (χ3v) is 7.87. The number of hydrogen-bond donors (Lipinski definition) is 1. The van der Waals surface area contributed by atoms with Crippen LogP contribution in [0.4, 0.5) is 0 Å². The lowest BCUT2D eigenvalue weighted by atomic mass is 9.96. The Morgan fingerprint density at radius 1 is 1.14 bits per heavy atom. The minimum atomic E-state index is -3.56. The van der Waals surface area contributed by atoms with Crippen molar-refractivity contribution in [3.63, 3.8) is 0 Å². The predicted octanol–water partition coefficient (Wildman–Crippen LogP) is 2.00. The van der Waals surface area contributed by atoms with Gasteiger partial charge in [0.1, 0.15) is 5.75 Å². The van der Waals surface area contributed by atoms with Gasteiger partial charge in [0, 0.05) is 25.0 Å². The summed E-state index contributed by atoms with van der Waals surface area (Å²) in [6.07, 6.45) is 3.08. The van der Waals surface area contributed by atoms with Crippen LogP contribution >= 0.6 is 0 Å². The van der Waals surface area contributed by atoms with E-state index in [-0.39, 0.29) is 22.8 Å². The quantitative estimate of drug-likeness (QED) is 0.757. The van der Waals surface area contributed by atoms with Crippen molar-refractivity contribution in [3.8, 4) is 5.75 Å². The molecule has 0 aromatic heterocycles. The van der Waals surface area contributed by atoms with E-state index in [0.29, 0.717) is 38.3 Å². The lowest BCUT2D eigenvalue weighted by Gasteiger charge is -2.33. The molecule has 2 aliphatic heterocycles. The van der Waals surface area contributed by atoms with Gasteiger partial charge >= 0.3 is 0 Å². The first-order valence-electron chi connectivity index (χ1n) is 10.5. The van der Waals surface area contributed by atoms with E-state index in [2.05, 4.69) is 17.3 Å². The molecule has 1 aromatic carbocycles. The maximum atomic E-state index is 13.0. The molecule has 162 valence electrons. The molecule has 2 aliphatic rings. The summed E-state index contributed by atoms with van der Waals surface area (Å²) in [6, 6.07) is 5.23. The van der Waals surface area contributed by atoms with Crippen LogP contribution in [0.5, 0.6) is 5.75 Å². The van der Waals surface area contributed by atoms with E-state index in [1.54, 1.807) is 18.2 Å². The van der Waals surface area contributed by atoms with Gasteiger partial charge in [-0.05, 0) is 83.4 Å². The Labute approximate surface area is 174 Å². The lowest BCUT2D eigenvalue weighted by Crippen LogP contribution is -2.48. The van der Waals surface area contributed by atoms with E-state index in [9.17, 15) is 13.2 Å². The number of aryl methyl sites for hydroxylation is 1. The highest BCUT2D eigenvalue weighted by molar-refractivity contribution is 7.89. The molecule has 2 fully saturated rings. The standard InChI is InChI=1S/C21H33N3O4S/c1-4-28-20-6-5-19(15-16(20)2)29(26,27)24-13-7-17(8-14-24)21(25)22-18-9-11-23(3)12-10-18/h5-6,15,17-18H,4,7-14H2,1-3H3,(H,22,25). The van der Waals surface area contributed by atoms with Gasteiger partial charge < -0.3 is 15.0 Å². The van der Waals surface area contributed by atoms with Crippen LogP contribution in [-0.4, -0.2) is 69.4 Å². The van der Waals surface area contributed by atoms with Crippen LogP contribution in [0.3, 0.4) is 0 Å². The Bertz CT molecular complexity index is 811. The molecule has 8 heteroatoms. The topological polar surface area (TPSA) is 79.0 Å². The Hall–Kier alpha value is -1.64. The van der Waals surface area contributed by atoms with Gasteiger partial charge in [0.15, 0.2) is 0 Å². The second-order valence-corrected chi connectivity index (χ2v) is 10.1. The molecule has 0 bridgehead atoms. The molecule has 1 amide bonds. The van der Waals surface area contributed by atoms with Gasteiger partial charge in [-0.15, -0.1) is 0 Å². The minimum absolute atomic E-state index is 0.0773. The third-order valence-electron chi connectivity index (χ3n) is 5.97. The first-order chi connectivity index (χ1) is 13.8. The van der Waals surface area contributed by atoms with E-state index in [1.165, 1.54) is 4.31 Å². The fourth-order valence-corrected chi connectivity index (χ4v) is 5.63. The Balaban J connectivity index is 1.56. The number of piperidine rings is 2. The number of rotatable bonds is 6. The Kier molecular flexibility index (Phi) is 7.19. The Morgan fingerprint density at radius 2 is 1.79 bits per heavy atom. The molecule has 0 atom stereocenters. The van der Waals surface area contributed by atoms with Gasteiger partial charge in [-0.25, -0.2) is 8.42 Å². The van der Waals surface area contributed by atoms with Gasteiger partial charge in [-0.3, -0.25) is 4.79 Å². The second-order valence-electron chi connectivity index (χ2n) is 8.12. The summed E-state index contributed by atoms with van der Waals surface area (Å²) in [6.45, 7) is 7.05. The molecular formula is C21H33N3O4S. The maximum Gasteiger partial charge on any atom is 0.243 e. The summed E-state index contributed by atoms with van der Waals surface area (Å²) < 4.78 is 33.0. The van der Waals surface area contributed by atoms with Gasteiger partial charge in [-0.2, -0.15) is 4.31 Å². The summed E-state index contributed by atoms with van der Waals surface area (Å²) in [5.74, 6) is 0.674. The van der Waals surface area contributed by atoms with Crippen molar-refractivity contribution in [1.82, 2.24) is 14.5 Å². The van der Waals surface area contributed by atoms with Gasteiger partial charge in [0.2, 0.25) is 15.9 Å². The second kappa shape index (κ2) is 9.45. The van der Waals surface area contributed by atoms with Crippen LogP contribution in [0.15, 0.2) is 23.1 Å². The summed E-state index contributed by atoms with van der Waals surface area (Å²) in [5.41, 5.74) is 0.806. The molecular weight excluding hydrogens is 390 g/mol. The van der Waals surface area contributed by atoms with Crippen molar-refractivity contribution in [2.75, 3.05) is 39.8 Å². The van der Waals surface area contributed by atoms with Gasteiger partial charge in [-0.1, -0.05) is 0 Å². The molecule has 3 rings (SSSR count). The monoisotopic (exact) mass is 423 g/mol. The summed E-state index contributed by atoms with van der Waals surface area (Å²) in [5, 5.41) is 3.17. The average Bonchev–Trinajstić information content (AvgIpc) is 2.71. The summed E-state index contributed by atoms with van der Waals surface area (Å²) >= 11 is 0. The number of sulfonamides is 1. The minimum Gasteiger partial charge on any atom is -0.494 e. The number of amides is 1. The molecule has 0 spiro atoms. The molecule has 7 nitrogen and oxygen atoms in total. The zero-order valence-corrected chi connectivity index (χ0v) is 18.5. The van der Waals surface area contributed by atoms with Crippen molar-refractivity contribution in [2.24, 2.45) is 5.92 Å². The van der Waals surface area contributed by atoms with Crippen molar-refractivity contribution >= 4 is 15.9 Å². The number of carbonyl (C=O) groups is 1. The molecule has 0 aliphatic carbocycles. The van der Waals surface area contributed by atoms with E-state index >= 15 is 0 Å². The van der Waals surface area contributed by atoms with Gasteiger partial charge in [0.05, 0.1) is 11.5 Å². The van der Waals surface area contributed by atoms with E-state index in [1.807, 2.05) is 13.8 Å². The highest BCUT2D eigenvalue weighted by Crippen LogP contribution is 2.27. The highest BCUT2D eigenvalue weighted by atomic mass is 32.2. The first kappa shape index (κ1) is 22.1. The maximum absolute atomic E-state index is 13.0. The lowest BCUT2D eigenvalue weighted by molar-refractivity contribution is -0.127. The molecule has 29 heavy (non-hydrogen) atoms. The zero-order valence-electron chi connectivity index (χ0n) is 17.7. The third kappa shape index (κ3) is 5.29. The molecule has 2 heterocycles. The zero-order chi connectivity index (χ0) is 21.0. The van der Waals surface area contributed by atoms with Gasteiger partial charge in [0.25, 0.3) is 0 Å². The number of nitrogens with one attached hydrogen (secondary N) is 1. The summed E-state index contributed by atoms with van der Waals surface area (Å²) in [4.78, 5) is 15.2. The van der Waals surface area contributed by atoms with E-state index in [0.717, 1.165) is 31.5 Å². The van der Waals surface area contributed by atoms with E-state index in [4.69, 9.17) is 4.74 Å². The highest BCUT2D eigenvalue weighted by Gasteiger charge is 2.33. The molecule has 1 aromatic rings. The van der Waals surface area contributed by atoms with E-state index < -0.39 is 10.0 Å². The fourth-order valence-electron chi connectivity index (χ4n) is 4.08. The fraction of sp³-hybridized carbons (Fsp3) is 0.667. The van der Waals surface area contributed by atoms with Crippen LogP contribution in [0.2, 0.25) is 0 Å². The first-order valence-corrected chi connectivity index (χ1v) is 12.0. The van der Waals surface area contributed by atoms with Crippen LogP contribution in [0.1, 0.15) is 38.2 Å². The van der Waals surface area contributed by atoms with Crippen molar-refractivity contribution in [1.29, 1.82) is 0 Å². The normalized spacial score (nSPS) is 20.5. The Morgan fingerprint density at radius 3 is 2.38 bits per heavy atom. The van der Waals surface area contributed by atoms with Crippen LogP contribution in [0, 0.1) is 12.8 Å². The molecule has 0 unspecified atom stereocenters. The smallest absolute Gasteiger partial charge is 0.243 e. The molecule has 1 N–H and O–H groups in total. The predicted molar refractivity (Wildman–Crippen MR) is 112 cm³/mol. The van der Waals surface area contributed by atoms with Crippen LogP contribution in [-0.2, 0) is 14.8 Å². The van der Waals surface area contributed by atoms with Crippen molar-refractivity contribution in [3.05, 3.63) is 23.8 Å². The number of benzene rings is 1.